The second kappa shape index (κ2) is 6.68. The maximum absolute atomic E-state index is 2.46. The topological polar surface area (TPSA) is 0 Å². The molecule has 0 atom stereocenters. The summed E-state index contributed by atoms with van der Waals surface area (Å²) in [5.74, 6) is 0. The van der Waals surface area contributed by atoms with Gasteiger partial charge in [-0.15, -0.1) is 0 Å². The molecule has 0 aromatic heterocycles. The minimum atomic E-state index is -1.96. The van der Waals surface area contributed by atoms with Gasteiger partial charge < -0.3 is 0 Å². The second-order valence-corrected chi connectivity index (χ2v) is 19.3. The molecular weight excluding hydrogens is 288 g/mol. The van der Waals surface area contributed by atoms with Crippen LogP contribution in [0, 0.1) is 21.7 Å². The molecule has 0 amide bonds. The summed E-state index contributed by atoms with van der Waals surface area (Å²) in [6.07, 6.45) is 0. The summed E-state index contributed by atoms with van der Waals surface area (Å²) in [6, 6.07) is 0. The first-order valence-corrected chi connectivity index (χ1v) is 13.2. The molecule has 0 saturated heterocycles. The van der Waals surface area contributed by atoms with Gasteiger partial charge in [0.25, 0.3) is 0 Å². The molecule has 0 unspecified atom stereocenters. The van der Waals surface area contributed by atoms with Crippen molar-refractivity contribution in [2.75, 3.05) is 0 Å². The average molecular weight is 332 g/mol. The van der Waals surface area contributed by atoms with E-state index in [0.29, 0.717) is 21.7 Å². The number of hydrogen-bond donors (Lipinski definition) is 0. The zero-order valence-corrected chi connectivity index (χ0v) is 18.9. The van der Waals surface area contributed by atoms with Crippen LogP contribution in [-0.2, 0) is 16.6 Å². The molecule has 0 heterocycles. The molecule has 1 heteroatoms. The summed E-state index contributed by atoms with van der Waals surface area (Å²) in [4.78, 5) is 0. The Kier molecular flexibility index (Phi) is 6.91. The second-order valence-electron chi connectivity index (χ2n) is 12.4. The zero-order valence-electron chi connectivity index (χ0n) is 17.3. The van der Waals surface area contributed by atoms with Gasteiger partial charge in [0.1, 0.15) is 0 Å². The third-order valence-corrected chi connectivity index (χ3v) is 14.9. The van der Waals surface area contributed by atoms with E-state index >= 15 is 0 Å². The van der Waals surface area contributed by atoms with E-state index in [2.05, 4.69) is 83.1 Å². The van der Waals surface area contributed by atoms with Crippen molar-refractivity contribution in [1.29, 1.82) is 0 Å². The van der Waals surface area contributed by atoms with E-state index < -0.39 is 16.6 Å². The van der Waals surface area contributed by atoms with E-state index in [4.69, 9.17) is 0 Å². The monoisotopic (exact) mass is 332 g/mol. The molecule has 0 rings (SSSR count). The first-order chi connectivity index (χ1) is 8.83. The van der Waals surface area contributed by atoms with Crippen molar-refractivity contribution in [1.82, 2.24) is 0 Å². The fraction of sp³-hybridized carbons (Fsp3) is 1.00. The first kappa shape index (κ1) is 21.7. The Morgan fingerprint density at radius 3 is 0.619 bits per heavy atom. The zero-order chi connectivity index (χ0) is 17.3. The van der Waals surface area contributed by atoms with Crippen LogP contribution in [0.15, 0.2) is 0 Å². The van der Waals surface area contributed by atoms with Gasteiger partial charge >= 0.3 is 140 Å². The quantitative estimate of drug-likeness (QED) is 0.457. The van der Waals surface area contributed by atoms with E-state index in [0.717, 1.165) is 0 Å². The van der Waals surface area contributed by atoms with Gasteiger partial charge in [-0.2, -0.15) is 0 Å². The third kappa shape index (κ3) is 11.9. The van der Waals surface area contributed by atoms with Crippen molar-refractivity contribution in [3.05, 3.63) is 0 Å². The summed E-state index contributed by atoms with van der Waals surface area (Å²) in [6.45, 7) is 29.5. The summed E-state index contributed by atoms with van der Waals surface area (Å²) in [5.41, 5.74) is 1.90. The summed E-state index contributed by atoms with van der Waals surface area (Å²) < 4.78 is 6.05. The van der Waals surface area contributed by atoms with Crippen molar-refractivity contribution in [3.63, 3.8) is 0 Å². The van der Waals surface area contributed by atoms with Crippen LogP contribution in [-0.4, -0.2) is 0 Å². The van der Waals surface area contributed by atoms with Gasteiger partial charge in [-0.05, 0) is 0 Å². The molecule has 0 N–H and O–H groups in total. The number of rotatable bonds is 4. The molecule has 0 aromatic carbocycles. The Morgan fingerprint density at radius 2 is 0.524 bits per heavy atom. The van der Waals surface area contributed by atoms with Gasteiger partial charge in [-0.1, -0.05) is 0 Å². The van der Waals surface area contributed by atoms with Crippen LogP contribution in [0.3, 0.4) is 0 Å². The molecule has 0 aliphatic heterocycles. The molecule has 21 heavy (non-hydrogen) atoms. The molecular formula is C20H44Ti. The summed E-state index contributed by atoms with van der Waals surface area (Å²) >= 11 is -1.96. The van der Waals surface area contributed by atoms with Crippen LogP contribution in [0.4, 0.5) is 0 Å². The normalized spacial score (nSPS) is 15.4. The molecule has 0 spiro atoms. The maximum atomic E-state index is 2.46. The van der Waals surface area contributed by atoms with Gasteiger partial charge in [0, 0.05) is 0 Å². The Labute approximate surface area is 140 Å². The van der Waals surface area contributed by atoms with Gasteiger partial charge in [-0.3, -0.25) is 0 Å². The van der Waals surface area contributed by atoms with Crippen LogP contribution in [0.2, 0.25) is 18.9 Å². The van der Waals surface area contributed by atoms with E-state index in [1.165, 1.54) is 18.9 Å². The first-order valence-electron chi connectivity index (χ1n) is 8.83. The Bertz CT molecular complexity index is 242. The van der Waals surface area contributed by atoms with Crippen molar-refractivity contribution in [2.24, 2.45) is 21.7 Å². The minimum absolute atomic E-state index is 0.474. The SMILES string of the molecule is CC(C)(C)[CH2][Ti]([CH2]C(C)(C)C)([CH2]C(C)(C)C)[CH2]C(C)(C)C. The van der Waals surface area contributed by atoms with E-state index in [1.54, 1.807) is 0 Å². The molecule has 0 aliphatic rings. The van der Waals surface area contributed by atoms with Crippen molar-refractivity contribution < 1.29 is 16.6 Å². The van der Waals surface area contributed by atoms with Crippen molar-refractivity contribution in [2.45, 2.75) is 102 Å². The predicted molar refractivity (Wildman–Crippen MR) is 97.0 cm³/mol. The molecule has 0 radical (unpaired) electrons. The van der Waals surface area contributed by atoms with E-state index in [9.17, 15) is 0 Å². The van der Waals surface area contributed by atoms with Crippen LogP contribution in [0.1, 0.15) is 83.1 Å². The summed E-state index contributed by atoms with van der Waals surface area (Å²) in [7, 11) is 0. The van der Waals surface area contributed by atoms with E-state index in [1.807, 2.05) is 0 Å². The Balaban J connectivity index is 5.70. The Morgan fingerprint density at radius 1 is 0.381 bits per heavy atom. The molecule has 0 fully saturated rings. The fourth-order valence-electron chi connectivity index (χ4n) is 4.87. The van der Waals surface area contributed by atoms with Gasteiger partial charge in [0.2, 0.25) is 0 Å². The van der Waals surface area contributed by atoms with Gasteiger partial charge in [0.05, 0.1) is 0 Å². The predicted octanol–water partition coefficient (Wildman–Crippen LogP) is 8.00. The third-order valence-electron chi connectivity index (χ3n) is 3.62. The molecule has 128 valence electrons. The molecule has 0 bridgehead atoms. The summed E-state index contributed by atoms with van der Waals surface area (Å²) in [5, 5.41) is 0. The molecule has 0 aromatic rings. The molecule has 0 saturated carbocycles. The molecule has 0 aliphatic carbocycles. The van der Waals surface area contributed by atoms with Crippen LogP contribution in [0.5, 0.6) is 0 Å². The van der Waals surface area contributed by atoms with Crippen LogP contribution in [0.25, 0.3) is 0 Å². The molecule has 0 nitrogen and oxygen atoms in total. The van der Waals surface area contributed by atoms with Crippen LogP contribution < -0.4 is 0 Å². The standard InChI is InChI=1S/4C5H11.Ti/c4*1-5(2,3)4;/h4*1H2,2-4H3;. The Hall–Kier alpha value is 0.714. The van der Waals surface area contributed by atoms with Gasteiger partial charge in [-0.25, -0.2) is 0 Å². The fourth-order valence-corrected chi connectivity index (χ4v) is 20.1. The van der Waals surface area contributed by atoms with Crippen LogP contribution >= 0.6 is 0 Å². The van der Waals surface area contributed by atoms with Gasteiger partial charge in [0.15, 0.2) is 0 Å². The van der Waals surface area contributed by atoms with Crippen molar-refractivity contribution in [3.8, 4) is 0 Å². The van der Waals surface area contributed by atoms with E-state index in [-0.39, 0.29) is 0 Å². The van der Waals surface area contributed by atoms with Crippen molar-refractivity contribution >= 4 is 0 Å². The number of hydrogen-bond acceptors (Lipinski definition) is 0. The average Bonchev–Trinajstić information content (AvgIpc) is 1.83.